The van der Waals surface area contributed by atoms with Gasteiger partial charge in [0.15, 0.2) is 0 Å². The summed E-state index contributed by atoms with van der Waals surface area (Å²) in [6.07, 6.45) is 3.93. The van der Waals surface area contributed by atoms with Crippen LogP contribution in [0.5, 0.6) is 11.5 Å². The van der Waals surface area contributed by atoms with E-state index in [1.807, 2.05) is 6.07 Å². The third-order valence-electron chi connectivity index (χ3n) is 3.94. The molecule has 7 nitrogen and oxygen atoms in total. The van der Waals surface area contributed by atoms with Crippen molar-refractivity contribution in [3.05, 3.63) is 29.5 Å². The topological polar surface area (TPSA) is 77.5 Å². The first kappa shape index (κ1) is 17.6. The molecule has 0 spiro atoms. The summed E-state index contributed by atoms with van der Waals surface area (Å²) in [4.78, 5) is 8.48. The fourth-order valence-electron chi connectivity index (χ4n) is 2.64. The number of hydrogen-bond acceptors (Lipinski definition) is 7. The molecule has 134 valence electrons. The highest BCUT2D eigenvalue weighted by molar-refractivity contribution is 6.32. The normalized spacial score (nSPS) is 16.5. The van der Waals surface area contributed by atoms with Crippen LogP contribution in [0.4, 0.5) is 17.3 Å². The predicted octanol–water partition coefficient (Wildman–Crippen LogP) is 3.48. The lowest BCUT2D eigenvalue weighted by Crippen LogP contribution is -2.19. The van der Waals surface area contributed by atoms with Gasteiger partial charge >= 0.3 is 0 Å². The van der Waals surface area contributed by atoms with Crippen molar-refractivity contribution < 1.29 is 14.2 Å². The molecule has 1 aliphatic rings. The van der Waals surface area contributed by atoms with Crippen LogP contribution in [0.25, 0.3) is 0 Å². The zero-order valence-corrected chi connectivity index (χ0v) is 15.0. The van der Waals surface area contributed by atoms with Gasteiger partial charge in [-0.2, -0.15) is 0 Å². The van der Waals surface area contributed by atoms with Crippen LogP contribution < -0.4 is 20.1 Å². The molecule has 1 aliphatic heterocycles. The summed E-state index contributed by atoms with van der Waals surface area (Å²) in [6.45, 7) is 1.57. The summed E-state index contributed by atoms with van der Waals surface area (Å²) in [5.74, 6) is 2.51. The van der Waals surface area contributed by atoms with Crippen molar-refractivity contribution in [3.63, 3.8) is 0 Å². The van der Waals surface area contributed by atoms with Crippen molar-refractivity contribution in [1.29, 1.82) is 0 Å². The number of halogens is 1. The largest absolute Gasteiger partial charge is 0.495 e. The molecule has 2 heterocycles. The Labute approximate surface area is 151 Å². The number of hydrogen-bond donors (Lipinski definition) is 2. The number of nitrogens with one attached hydrogen (secondary N) is 2. The quantitative estimate of drug-likeness (QED) is 0.778. The fraction of sp³-hybridized carbons (Fsp3) is 0.412. The number of benzene rings is 1. The van der Waals surface area contributed by atoms with Gasteiger partial charge in [0.2, 0.25) is 0 Å². The van der Waals surface area contributed by atoms with Crippen molar-refractivity contribution in [2.75, 3.05) is 38.0 Å². The van der Waals surface area contributed by atoms with Crippen LogP contribution in [-0.2, 0) is 4.74 Å². The lowest BCUT2D eigenvalue weighted by molar-refractivity contribution is 0.120. The van der Waals surface area contributed by atoms with Crippen molar-refractivity contribution in [2.24, 2.45) is 0 Å². The summed E-state index contributed by atoms with van der Waals surface area (Å²) in [5, 5.41) is 6.97. The van der Waals surface area contributed by atoms with E-state index >= 15 is 0 Å². The van der Waals surface area contributed by atoms with Crippen molar-refractivity contribution in [1.82, 2.24) is 9.97 Å². The number of nitrogens with zero attached hydrogens (tertiary/aromatic N) is 2. The van der Waals surface area contributed by atoms with Gasteiger partial charge in [-0.05, 0) is 12.8 Å². The maximum atomic E-state index is 6.13. The van der Waals surface area contributed by atoms with Crippen LogP contribution in [0.2, 0.25) is 5.02 Å². The van der Waals surface area contributed by atoms with E-state index in [0.29, 0.717) is 28.0 Å². The van der Waals surface area contributed by atoms with E-state index < -0.39 is 0 Å². The SMILES string of the molecule is COc1cc(Nc2cc(NCC3CCCO3)ncn2)c(OC)cc1Cl. The molecule has 1 atom stereocenters. The summed E-state index contributed by atoms with van der Waals surface area (Å²) in [7, 11) is 3.15. The van der Waals surface area contributed by atoms with E-state index in [2.05, 4.69) is 20.6 Å². The molecule has 3 rings (SSSR count). The van der Waals surface area contributed by atoms with E-state index in [1.165, 1.54) is 6.33 Å². The molecular weight excluding hydrogens is 344 g/mol. The minimum absolute atomic E-state index is 0.243. The Morgan fingerprint density at radius 1 is 1.16 bits per heavy atom. The second kappa shape index (κ2) is 8.22. The second-order valence-electron chi connectivity index (χ2n) is 5.62. The average Bonchev–Trinajstić information content (AvgIpc) is 3.15. The van der Waals surface area contributed by atoms with Gasteiger partial charge < -0.3 is 24.8 Å². The molecule has 0 amide bonds. The minimum Gasteiger partial charge on any atom is -0.495 e. The molecule has 1 saturated heterocycles. The minimum atomic E-state index is 0.243. The Kier molecular flexibility index (Phi) is 5.78. The van der Waals surface area contributed by atoms with Crippen LogP contribution in [0.15, 0.2) is 24.5 Å². The molecule has 0 aliphatic carbocycles. The summed E-state index contributed by atoms with van der Waals surface area (Å²) < 4.78 is 16.2. The molecule has 0 bridgehead atoms. The highest BCUT2D eigenvalue weighted by atomic mass is 35.5. The monoisotopic (exact) mass is 364 g/mol. The fourth-order valence-corrected chi connectivity index (χ4v) is 2.87. The molecule has 1 fully saturated rings. The van der Waals surface area contributed by atoms with Crippen LogP contribution in [-0.4, -0.2) is 43.4 Å². The van der Waals surface area contributed by atoms with E-state index in [9.17, 15) is 0 Å². The third kappa shape index (κ3) is 4.43. The Balaban J connectivity index is 1.73. The lowest BCUT2D eigenvalue weighted by atomic mass is 10.2. The van der Waals surface area contributed by atoms with Gasteiger partial charge in [0, 0.05) is 31.4 Å². The van der Waals surface area contributed by atoms with Gasteiger partial charge in [0.1, 0.15) is 29.5 Å². The summed E-state index contributed by atoms with van der Waals surface area (Å²) >= 11 is 6.13. The molecule has 1 unspecified atom stereocenters. The van der Waals surface area contributed by atoms with Gasteiger partial charge in [0.25, 0.3) is 0 Å². The molecule has 1 aromatic heterocycles. The molecule has 2 N–H and O–H groups in total. The van der Waals surface area contributed by atoms with E-state index in [1.54, 1.807) is 26.4 Å². The first-order valence-electron chi connectivity index (χ1n) is 8.05. The van der Waals surface area contributed by atoms with E-state index in [-0.39, 0.29) is 6.10 Å². The molecular formula is C17H21ClN4O3. The molecule has 1 aromatic carbocycles. The zero-order chi connectivity index (χ0) is 17.6. The van der Waals surface area contributed by atoms with Gasteiger partial charge in [-0.15, -0.1) is 0 Å². The Morgan fingerprint density at radius 2 is 1.96 bits per heavy atom. The third-order valence-corrected chi connectivity index (χ3v) is 4.23. The van der Waals surface area contributed by atoms with Crippen molar-refractivity contribution in [2.45, 2.75) is 18.9 Å². The second-order valence-corrected chi connectivity index (χ2v) is 6.02. The van der Waals surface area contributed by atoms with E-state index in [4.69, 9.17) is 25.8 Å². The molecule has 0 radical (unpaired) electrons. The lowest BCUT2D eigenvalue weighted by Gasteiger charge is -2.14. The Morgan fingerprint density at radius 3 is 2.68 bits per heavy atom. The standard InChI is InChI=1S/C17H21ClN4O3/c1-23-14-7-13(15(24-2)6-12(14)18)22-17-8-16(20-10-21-17)19-9-11-4-3-5-25-11/h6-8,10-11H,3-5,9H2,1-2H3,(H2,19,20,21,22). The van der Waals surface area contributed by atoms with Gasteiger partial charge in [-0.3, -0.25) is 0 Å². The van der Waals surface area contributed by atoms with Crippen LogP contribution in [0.1, 0.15) is 12.8 Å². The summed E-state index contributed by atoms with van der Waals surface area (Å²) in [5.41, 5.74) is 0.701. The Bertz CT molecular complexity index is 723. The maximum Gasteiger partial charge on any atom is 0.144 e. The number of anilines is 3. The number of ether oxygens (including phenoxy) is 3. The van der Waals surface area contributed by atoms with Gasteiger partial charge in [-0.25, -0.2) is 9.97 Å². The van der Waals surface area contributed by atoms with Crippen molar-refractivity contribution in [3.8, 4) is 11.5 Å². The smallest absolute Gasteiger partial charge is 0.144 e. The number of methoxy groups -OCH3 is 2. The first-order chi connectivity index (χ1) is 12.2. The summed E-state index contributed by atoms with van der Waals surface area (Å²) in [6, 6.07) is 5.29. The molecule has 0 saturated carbocycles. The molecule has 25 heavy (non-hydrogen) atoms. The average molecular weight is 365 g/mol. The highest BCUT2D eigenvalue weighted by Gasteiger charge is 2.15. The van der Waals surface area contributed by atoms with Gasteiger partial charge in [-0.1, -0.05) is 11.6 Å². The van der Waals surface area contributed by atoms with Crippen LogP contribution in [0, 0.1) is 0 Å². The number of aromatic nitrogens is 2. The predicted molar refractivity (Wildman–Crippen MR) is 97.3 cm³/mol. The van der Waals surface area contributed by atoms with Crippen LogP contribution in [0.3, 0.4) is 0 Å². The molecule has 2 aromatic rings. The zero-order valence-electron chi connectivity index (χ0n) is 14.2. The Hall–Kier alpha value is -2.25. The van der Waals surface area contributed by atoms with Crippen molar-refractivity contribution >= 4 is 28.9 Å². The van der Waals surface area contributed by atoms with Gasteiger partial charge in [0.05, 0.1) is 31.0 Å². The highest BCUT2D eigenvalue weighted by Crippen LogP contribution is 2.37. The van der Waals surface area contributed by atoms with E-state index in [0.717, 1.165) is 31.8 Å². The van der Waals surface area contributed by atoms with Crippen LogP contribution >= 0.6 is 11.6 Å². The maximum absolute atomic E-state index is 6.13. The number of rotatable bonds is 7. The first-order valence-corrected chi connectivity index (χ1v) is 8.43. The molecule has 8 heteroatoms.